The smallest absolute Gasteiger partial charge is 0.331 e. The van der Waals surface area contributed by atoms with Crippen molar-refractivity contribution in [1.29, 1.82) is 0 Å². The molecule has 0 N–H and O–H groups in total. The van der Waals surface area contributed by atoms with Gasteiger partial charge in [-0.2, -0.15) is 0 Å². The predicted octanol–water partition coefficient (Wildman–Crippen LogP) is 2.20. The lowest BCUT2D eigenvalue weighted by Crippen LogP contribution is -2.32. The molecule has 1 aromatic rings. The molecule has 0 aromatic carbocycles. The average molecular weight is 331 g/mol. The second-order valence-corrected chi connectivity index (χ2v) is 5.58. The van der Waals surface area contributed by atoms with E-state index in [-0.39, 0.29) is 19.3 Å². The summed E-state index contributed by atoms with van der Waals surface area (Å²) in [5.41, 5.74) is 0.865. The van der Waals surface area contributed by atoms with E-state index >= 15 is 0 Å². The van der Waals surface area contributed by atoms with Crippen molar-refractivity contribution in [3.05, 3.63) is 36.7 Å². The molecule has 0 aliphatic carbocycles. The molecule has 2 rings (SSSR count). The summed E-state index contributed by atoms with van der Waals surface area (Å²) in [6.07, 6.45) is 3.36. The van der Waals surface area contributed by atoms with Crippen molar-refractivity contribution in [3.8, 4) is 0 Å². The number of aromatic nitrogens is 1. The fraction of sp³-hybridized carbons (Fsp3) is 0.412. The molecule has 1 aromatic heterocycles. The number of hydrogen-bond acceptors (Lipinski definition) is 6. The predicted molar refractivity (Wildman–Crippen MR) is 87.4 cm³/mol. The van der Waals surface area contributed by atoms with Gasteiger partial charge in [0.25, 0.3) is 11.8 Å². The molecule has 1 aliphatic heterocycles. The van der Waals surface area contributed by atoms with Crippen LogP contribution in [-0.2, 0) is 19.2 Å². The zero-order valence-corrected chi connectivity index (χ0v) is 13.7. The highest BCUT2D eigenvalue weighted by Crippen LogP contribution is 2.16. The van der Waals surface area contributed by atoms with Crippen LogP contribution in [0.1, 0.15) is 39.0 Å². The van der Waals surface area contributed by atoms with Gasteiger partial charge in [-0.1, -0.05) is 12.6 Å². The van der Waals surface area contributed by atoms with Gasteiger partial charge in [0.15, 0.2) is 0 Å². The molecule has 128 valence electrons. The van der Waals surface area contributed by atoms with Crippen molar-refractivity contribution in [2.45, 2.75) is 39.0 Å². The van der Waals surface area contributed by atoms with Crippen LogP contribution in [0.25, 0.3) is 0 Å². The zero-order valence-electron chi connectivity index (χ0n) is 13.7. The summed E-state index contributed by atoms with van der Waals surface area (Å²) in [5, 5.41) is 0.580. The van der Waals surface area contributed by atoms with Crippen LogP contribution in [-0.4, -0.2) is 34.4 Å². The summed E-state index contributed by atoms with van der Waals surface area (Å²) in [4.78, 5) is 45.6. The molecule has 7 nitrogen and oxygen atoms in total. The van der Waals surface area contributed by atoms with E-state index in [1.165, 1.54) is 0 Å². The molecule has 1 aliphatic rings. The molecule has 0 radical (unpaired) electrons. The quantitative estimate of drug-likeness (QED) is 0.537. The molecule has 24 heavy (non-hydrogen) atoms. The van der Waals surface area contributed by atoms with Gasteiger partial charge in [-0.3, -0.25) is 9.59 Å². The highest BCUT2D eigenvalue weighted by atomic mass is 16.7. The SMILES string of the molecule is C=C(C)N(CCCCC(=O)ON1C(=O)CCC1=O)c1ccccn1. The molecule has 0 unspecified atom stereocenters. The van der Waals surface area contributed by atoms with E-state index in [0.29, 0.717) is 18.0 Å². The number of anilines is 1. The number of nitrogens with zero attached hydrogens (tertiary/aromatic N) is 3. The standard InChI is InChI=1S/C17H21N3O4/c1-13(2)19(14-7-3-5-11-18-14)12-6-4-8-17(23)24-20-15(21)9-10-16(20)22/h3,5,7,11H,1,4,6,8-10,12H2,2H3. The number of rotatable bonds is 8. The summed E-state index contributed by atoms with van der Waals surface area (Å²) in [6, 6.07) is 5.64. The summed E-state index contributed by atoms with van der Waals surface area (Å²) >= 11 is 0. The number of allylic oxidation sites excluding steroid dienone is 1. The minimum Gasteiger partial charge on any atom is -0.331 e. The van der Waals surface area contributed by atoms with Crippen LogP contribution < -0.4 is 4.90 Å². The molecule has 0 saturated carbocycles. The van der Waals surface area contributed by atoms with Crippen molar-refractivity contribution in [3.63, 3.8) is 0 Å². The normalized spacial score (nSPS) is 14.0. The van der Waals surface area contributed by atoms with Crippen molar-refractivity contribution in [1.82, 2.24) is 10.0 Å². The Balaban J connectivity index is 1.75. The number of amides is 2. The Morgan fingerprint density at radius 2 is 2.00 bits per heavy atom. The van der Waals surface area contributed by atoms with E-state index in [4.69, 9.17) is 4.84 Å². The monoisotopic (exact) mass is 331 g/mol. The zero-order chi connectivity index (χ0) is 17.5. The van der Waals surface area contributed by atoms with Crippen molar-refractivity contribution >= 4 is 23.6 Å². The summed E-state index contributed by atoms with van der Waals surface area (Å²) in [5.74, 6) is -0.687. The van der Waals surface area contributed by atoms with Crippen LogP contribution >= 0.6 is 0 Å². The topological polar surface area (TPSA) is 79.8 Å². The molecule has 2 heterocycles. The lowest BCUT2D eigenvalue weighted by atomic mass is 10.2. The second-order valence-electron chi connectivity index (χ2n) is 5.58. The maximum absolute atomic E-state index is 11.7. The molecular formula is C17H21N3O4. The molecule has 0 atom stereocenters. The van der Waals surface area contributed by atoms with Crippen LogP contribution in [0.15, 0.2) is 36.7 Å². The second kappa shape index (κ2) is 8.24. The summed E-state index contributed by atoms with van der Waals surface area (Å²) in [6.45, 7) is 6.51. The first-order valence-corrected chi connectivity index (χ1v) is 7.89. The van der Waals surface area contributed by atoms with E-state index in [9.17, 15) is 14.4 Å². The fourth-order valence-electron chi connectivity index (χ4n) is 2.36. The number of hydroxylamine groups is 2. The molecule has 0 spiro atoms. The van der Waals surface area contributed by atoms with Gasteiger partial charge in [0.05, 0.1) is 0 Å². The largest absolute Gasteiger partial charge is 0.333 e. The van der Waals surface area contributed by atoms with Gasteiger partial charge in [-0.05, 0) is 31.9 Å². The number of unbranched alkanes of at least 4 members (excludes halogenated alkanes) is 1. The number of imide groups is 1. The number of carbonyl (C=O) groups excluding carboxylic acids is 3. The first-order valence-electron chi connectivity index (χ1n) is 7.89. The minimum absolute atomic E-state index is 0.101. The molecule has 1 fully saturated rings. The highest BCUT2D eigenvalue weighted by molar-refractivity contribution is 6.01. The van der Waals surface area contributed by atoms with Crippen molar-refractivity contribution in [2.75, 3.05) is 11.4 Å². The lowest BCUT2D eigenvalue weighted by Gasteiger charge is -2.23. The Morgan fingerprint density at radius 3 is 2.58 bits per heavy atom. The van der Waals surface area contributed by atoms with Crippen LogP contribution in [0.5, 0.6) is 0 Å². The first kappa shape index (κ1) is 17.7. The van der Waals surface area contributed by atoms with Crippen LogP contribution in [0.3, 0.4) is 0 Å². The number of hydrogen-bond donors (Lipinski definition) is 0. The average Bonchev–Trinajstić information content (AvgIpc) is 2.87. The molecule has 7 heteroatoms. The van der Waals surface area contributed by atoms with E-state index in [1.807, 2.05) is 30.0 Å². The summed E-state index contributed by atoms with van der Waals surface area (Å²) < 4.78 is 0. The van der Waals surface area contributed by atoms with Gasteiger partial charge in [0.2, 0.25) is 0 Å². The highest BCUT2D eigenvalue weighted by Gasteiger charge is 2.32. The van der Waals surface area contributed by atoms with Crippen LogP contribution in [0, 0.1) is 0 Å². The van der Waals surface area contributed by atoms with Gasteiger partial charge in [-0.25, -0.2) is 9.78 Å². The molecule has 0 bridgehead atoms. The van der Waals surface area contributed by atoms with Crippen LogP contribution in [0.2, 0.25) is 0 Å². The van der Waals surface area contributed by atoms with Crippen molar-refractivity contribution in [2.24, 2.45) is 0 Å². The van der Waals surface area contributed by atoms with Gasteiger partial charge in [0.1, 0.15) is 5.82 Å². The third-order valence-electron chi connectivity index (χ3n) is 3.60. The third-order valence-corrected chi connectivity index (χ3v) is 3.60. The van der Waals surface area contributed by atoms with E-state index in [2.05, 4.69) is 11.6 Å². The van der Waals surface area contributed by atoms with Gasteiger partial charge in [0, 0.05) is 37.7 Å². The van der Waals surface area contributed by atoms with Gasteiger partial charge in [-0.15, -0.1) is 5.06 Å². The Hall–Kier alpha value is -2.70. The lowest BCUT2D eigenvalue weighted by molar-refractivity contribution is -0.197. The minimum atomic E-state index is -0.571. The first-order chi connectivity index (χ1) is 11.5. The van der Waals surface area contributed by atoms with Gasteiger partial charge >= 0.3 is 5.97 Å². The number of carbonyl (C=O) groups is 3. The van der Waals surface area contributed by atoms with Crippen LogP contribution in [0.4, 0.5) is 5.82 Å². The molecule has 1 saturated heterocycles. The Bertz CT molecular complexity index is 614. The van der Waals surface area contributed by atoms with E-state index in [0.717, 1.165) is 17.9 Å². The maximum atomic E-state index is 11.7. The fourth-order valence-corrected chi connectivity index (χ4v) is 2.36. The van der Waals surface area contributed by atoms with E-state index < -0.39 is 17.8 Å². The Kier molecular flexibility index (Phi) is 6.06. The number of pyridine rings is 1. The van der Waals surface area contributed by atoms with Gasteiger partial charge < -0.3 is 9.74 Å². The molecular weight excluding hydrogens is 310 g/mol. The Morgan fingerprint density at radius 1 is 1.29 bits per heavy atom. The maximum Gasteiger partial charge on any atom is 0.333 e. The Labute approximate surface area is 140 Å². The third kappa shape index (κ3) is 4.65. The summed E-state index contributed by atoms with van der Waals surface area (Å²) in [7, 11) is 0. The van der Waals surface area contributed by atoms with E-state index in [1.54, 1.807) is 6.20 Å². The molecule has 2 amide bonds. The van der Waals surface area contributed by atoms with Crippen molar-refractivity contribution < 1.29 is 19.2 Å².